The first-order valence-corrected chi connectivity index (χ1v) is 7.90. The van der Waals surface area contributed by atoms with Gasteiger partial charge in [-0.1, -0.05) is 35.0 Å². The van der Waals surface area contributed by atoms with Gasteiger partial charge in [0.05, 0.1) is 21.6 Å². The third-order valence-electron chi connectivity index (χ3n) is 3.37. The van der Waals surface area contributed by atoms with Gasteiger partial charge in [-0.2, -0.15) is 0 Å². The van der Waals surface area contributed by atoms with Crippen LogP contribution in [0.4, 0.5) is 0 Å². The number of benzene rings is 1. The summed E-state index contributed by atoms with van der Waals surface area (Å²) >= 11 is 14.0. The molecule has 2 nitrogen and oxygen atoms in total. The molecular weight excluding hydrogens is 393 g/mol. The van der Waals surface area contributed by atoms with Crippen LogP contribution in [0.2, 0.25) is 5.02 Å². The van der Waals surface area contributed by atoms with Crippen molar-refractivity contribution in [3.8, 4) is 0 Å². The molecule has 1 aliphatic carbocycles. The summed E-state index contributed by atoms with van der Waals surface area (Å²) in [6.07, 6.45) is 4.07. The van der Waals surface area contributed by atoms with Gasteiger partial charge >= 0.3 is 0 Å². The Morgan fingerprint density at radius 3 is 2.84 bits per heavy atom. The molecule has 1 aromatic carbocycles. The number of halogens is 2. The normalized spacial score (nSPS) is 14.7. The fourth-order valence-corrected chi connectivity index (χ4v) is 3.15. The molecule has 1 heterocycles. The predicted octanol–water partition coefficient (Wildman–Crippen LogP) is 4.88. The van der Waals surface area contributed by atoms with Crippen molar-refractivity contribution in [2.45, 2.75) is 25.7 Å². The summed E-state index contributed by atoms with van der Waals surface area (Å²) in [4.78, 5) is 0.801. The van der Waals surface area contributed by atoms with Crippen molar-refractivity contribution < 1.29 is 4.52 Å². The molecule has 98 valence electrons. The second-order valence-electron chi connectivity index (χ2n) is 4.74. The SMILES string of the molecule is Cc1c(C(=S)c2cnoc2C2CC2)ccc(Cl)c1I. The minimum Gasteiger partial charge on any atom is -0.360 e. The molecule has 1 saturated carbocycles. The molecule has 1 aromatic heterocycles. The molecule has 2 aromatic rings. The van der Waals surface area contributed by atoms with E-state index in [-0.39, 0.29) is 0 Å². The molecule has 5 heteroatoms. The summed E-state index contributed by atoms with van der Waals surface area (Å²) in [5.74, 6) is 1.44. The lowest BCUT2D eigenvalue weighted by atomic mass is 10.00. The Balaban J connectivity index is 2.04. The van der Waals surface area contributed by atoms with Gasteiger partial charge in [0.2, 0.25) is 0 Å². The third kappa shape index (κ3) is 2.45. The third-order valence-corrected chi connectivity index (χ3v) is 5.84. The van der Waals surface area contributed by atoms with E-state index in [0.717, 1.165) is 35.9 Å². The Kier molecular flexibility index (Phi) is 3.66. The molecule has 1 aliphatic rings. The average molecular weight is 404 g/mol. The van der Waals surface area contributed by atoms with E-state index in [1.165, 1.54) is 12.8 Å². The Morgan fingerprint density at radius 1 is 1.42 bits per heavy atom. The summed E-state index contributed by atoms with van der Waals surface area (Å²) in [7, 11) is 0. The maximum atomic E-state index is 6.13. The Hall–Kier alpha value is -0.460. The van der Waals surface area contributed by atoms with Crippen molar-refractivity contribution in [3.05, 3.63) is 49.4 Å². The van der Waals surface area contributed by atoms with Gasteiger partial charge in [0.15, 0.2) is 0 Å². The highest BCUT2D eigenvalue weighted by Gasteiger charge is 2.31. The largest absolute Gasteiger partial charge is 0.360 e. The van der Waals surface area contributed by atoms with Crippen LogP contribution in [-0.2, 0) is 0 Å². The number of aromatic nitrogens is 1. The van der Waals surface area contributed by atoms with E-state index in [2.05, 4.69) is 27.7 Å². The van der Waals surface area contributed by atoms with Crippen LogP contribution in [0.15, 0.2) is 22.9 Å². The quantitative estimate of drug-likeness (QED) is 0.415. The Morgan fingerprint density at radius 2 is 2.16 bits per heavy atom. The molecule has 0 aliphatic heterocycles. The van der Waals surface area contributed by atoms with Gasteiger partial charge in [-0.25, -0.2) is 0 Å². The van der Waals surface area contributed by atoms with Crippen LogP contribution in [0, 0.1) is 10.5 Å². The van der Waals surface area contributed by atoms with E-state index in [9.17, 15) is 0 Å². The molecule has 0 N–H and O–H groups in total. The molecule has 0 atom stereocenters. The zero-order valence-electron chi connectivity index (χ0n) is 10.2. The standard InChI is InChI=1S/C14H11ClINOS/c1-7-9(4-5-11(15)12(7)16)14(19)10-6-17-18-13(10)8-2-3-8/h4-6,8H,2-3H2,1H3. The van der Waals surface area contributed by atoms with Crippen molar-refractivity contribution in [3.63, 3.8) is 0 Å². The second kappa shape index (κ2) is 5.14. The van der Waals surface area contributed by atoms with E-state index in [4.69, 9.17) is 28.3 Å². The van der Waals surface area contributed by atoms with Gasteiger partial charge < -0.3 is 4.52 Å². The van der Waals surface area contributed by atoms with Crippen LogP contribution >= 0.6 is 46.4 Å². The van der Waals surface area contributed by atoms with E-state index >= 15 is 0 Å². The smallest absolute Gasteiger partial charge is 0.148 e. The number of thiocarbonyl (C=S) groups is 1. The van der Waals surface area contributed by atoms with Crippen molar-refractivity contribution in [2.75, 3.05) is 0 Å². The fraction of sp³-hybridized carbons (Fsp3) is 0.286. The molecule has 0 saturated heterocycles. The van der Waals surface area contributed by atoms with Crippen LogP contribution in [0.3, 0.4) is 0 Å². The van der Waals surface area contributed by atoms with Gasteiger partial charge in [0.25, 0.3) is 0 Å². The minimum atomic E-state index is 0.502. The first-order valence-electron chi connectivity index (χ1n) is 6.03. The highest BCUT2D eigenvalue weighted by Crippen LogP contribution is 2.42. The fourth-order valence-electron chi connectivity index (χ4n) is 2.10. The zero-order valence-corrected chi connectivity index (χ0v) is 14.0. The zero-order chi connectivity index (χ0) is 13.6. The maximum absolute atomic E-state index is 6.13. The predicted molar refractivity (Wildman–Crippen MR) is 88.2 cm³/mol. The molecule has 19 heavy (non-hydrogen) atoms. The number of rotatable bonds is 3. The Bertz CT molecular complexity index is 663. The van der Waals surface area contributed by atoms with Crippen LogP contribution in [0.5, 0.6) is 0 Å². The van der Waals surface area contributed by atoms with E-state index in [1.807, 2.05) is 19.1 Å². The lowest BCUT2D eigenvalue weighted by Crippen LogP contribution is -2.05. The summed E-state index contributed by atoms with van der Waals surface area (Å²) in [6, 6.07) is 3.87. The first-order chi connectivity index (χ1) is 9.09. The second-order valence-corrected chi connectivity index (χ2v) is 6.64. The molecule has 0 unspecified atom stereocenters. The highest BCUT2D eigenvalue weighted by molar-refractivity contribution is 14.1. The molecule has 0 spiro atoms. The highest BCUT2D eigenvalue weighted by atomic mass is 127. The number of nitrogens with zero attached hydrogens (tertiary/aromatic N) is 1. The summed E-state index contributed by atoms with van der Waals surface area (Å²) < 4.78 is 6.40. The van der Waals surface area contributed by atoms with E-state index in [1.54, 1.807) is 6.20 Å². The molecule has 3 rings (SSSR count). The van der Waals surface area contributed by atoms with Gasteiger partial charge in [-0.15, -0.1) is 0 Å². The molecule has 0 amide bonds. The monoisotopic (exact) mass is 403 g/mol. The van der Waals surface area contributed by atoms with Gasteiger partial charge in [0, 0.05) is 9.49 Å². The molecule has 0 bridgehead atoms. The van der Waals surface area contributed by atoms with Gasteiger partial charge in [-0.05, 0) is 59.5 Å². The molecular formula is C14H11ClINOS. The molecule has 0 radical (unpaired) electrons. The summed E-state index contributed by atoms with van der Waals surface area (Å²) in [5, 5.41) is 4.67. The van der Waals surface area contributed by atoms with Gasteiger partial charge in [-0.3, -0.25) is 0 Å². The first kappa shape index (κ1) is 13.5. The maximum Gasteiger partial charge on any atom is 0.148 e. The van der Waals surface area contributed by atoms with Crippen LogP contribution in [0.25, 0.3) is 0 Å². The number of hydrogen-bond donors (Lipinski definition) is 0. The van der Waals surface area contributed by atoms with Crippen LogP contribution in [-0.4, -0.2) is 10.0 Å². The summed E-state index contributed by atoms with van der Waals surface area (Å²) in [5.41, 5.74) is 3.11. The lowest BCUT2D eigenvalue weighted by Gasteiger charge is -2.10. The topological polar surface area (TPSA) is 26.0 Å². The number of hydrogen-bond acceptors (Lipinski definition) is 3. The van der Waals surface area contributed by atoms with Crippen LogP contribution < -0.4 is 0 Å². The lowest BCUT2D eigenvalue weighted by molar-refractivity contribution is 0.384. The van der Waals surface area contributed by atoms with Gasteiger partial charge in [0.1, 0.15) is 5.76 Å². The van der Waals surface area contributed by atoms with Crippen molar-refractivity contribution >= 4 is 51.3 Å². The Labute approximate surface area is 135 Å². The molecule has 1 fully saturated rings. The van der Waals surface area contributed by atoms with Crippen LogP contribution in [0.1, 0.15) is 41.2 Å². The van der Waals surface area contributed by atoms with Crippen molar-refractivity contribution in [1.82, 2.24) is 5.16 Å². The summed E-state index contributed by atoms with van der Waals surface area (Å²) in [6.45, 7) is 2.04. The minimum absolute atomic E-state index is 0.502. The van der Waals surface area contributed by atoms with Crippen molar-refractivity contribution in [2.24, 2.45) is 0 Å². The van der Waals surface area contributed by atoms with E-state index in [0.29, 0.717) is 5.92 Å². The van der Waals surface area contributed by atoms with Crippen molar-refractivity contribution in [1.29, 1.82) is 0 Å². The average Bonchev–Trinajstić information content (AvgIpc) is 3.13. The van der Waals surface area contributed by atoms with E-state index < -0.39 is 0 Å².